The van der Waals surface area contributed by atoms with E-state index in [1.807, 2.05) is 44.3 Å². The monoisotopic (exact) mass is 1410 g/mol. The van der Waals surface area contributed by atoms with Gasteiger partial charge in [0.05, 0.1) is 53.4 Å². The number of hydrogen-bond acceptors (Lipinski definition) is 15. The summed E-state index contributed by atoms with van der Waals surface area (Å²) in [6, 6.07) is 34.8. The Bertz CT molecular complexity index is 4780. The maximum absolute atomic E-state index is 12.4. The fraction of sp³-hybridized carbons (Fsp3) is 0.342. The van der Waals surface area contributed by atoms with Crippen molar-refractivity contribution in [3.63, 3.8) is 0 Å². The average molecular weight is 1410 g/mol. The molecule has 0 saturated heterocycles. The fourth-order valence-electron chi connectivity index (χ4n) is 13.9. The molecule has 10 aromatic rings. The lowest BCUT2D eigenvalue weighted by Crippen LogP contribution is -2.36. The predicted octanol–water partition coefficient (Wildman–Crippen LogP) is 10.9. The predicted molar refractivity (Wildman–Crippen MR) is 381 cm³/mol. The van der Waals surface area contributed by atoms with Gasteiger partial charge in [-0.05, 0) is 106 Å². The first-order chi connectivity index (χ1) is 47.5. The van der Waals surface area contributed by atoms with Crippen LogP contribution >= 0.6 is 27.5 Å². The molecule has 508 valence electrons. The minimum Gasteiger partial charge on any atom is -0.503 e. The van der Waals surface area contributed by atoms with Gasteiger partial charge in [-0.15, -0.1) is 0 Å². The molecular formula is C76H81BrClN11O9. The number of aromatic nitrogens is 7. The van der Waals surface area contributed by atoms with E-state index in [9.17, 15) is 39.6 Å². The standard InChI is InChI=1S/C21H21ClN4O3.C20H24N2O2.C18H17N3O2.C17H19BrN2O2/c22-17-7-16-15(18-8-23-12-24-18)1-4-29-21(16)5-13(17)9-25-2-3-26-11-20(28)19(27)6-14(26)10-25;1-2-14-3-5-15(6-4-14)11-21-9-10-22-13-18(23)20(24)19(16-7-8-16)17(22)12-21;22-16-9-15-11-20(7-8-21(15)12-17(16)23)10-14-4-1-3-13-5-2-6-19-18(13)14;1-2-12-3-5-13(6-4-12)9-19-7-8-20-11-15(21)17(22)16(18)14(20)10-19/h5-8,11-12,15,28H,1-4,9-10H2,(H,23,24);3-6,13,16,23H,2,7-12H2,1H3;1-6,9,12,23H,7-8,10-11H2;3-6,11,21H,2,7-10H2,1H3. The Kier molecular flexibility index (Phi) is 20.6. The summed E-state index contributed by atoms with van der Waals surface area (Å²) in [5.74, 6) is 0.755. The van der Waals surface area contributed by atoms with Crippen LogP contribution in [0.4, 0.5) is 0 Å². The molecule has 0 radical (unpaired) electrons. The average Bonchev–Trinajstić information content (AvgIpc) is 1.50. The highest BCUT2D eigenvalue weighted by atomic mass is 79.9. The van der Waals surface area contributed by atoms with E-state index in [0.717, 1.165) is 166 Å². The molecule has 1 saturated carbocycles. The van der Waals surface area contributed by atoms with E-state index in [4.69, 9.17) is 16.3 Å². The molecule has 5 N–H and O–H groups in total. The SMILES string of the molecule is CCc1ccc(CN2CCn3cc(O)c(=O)c(Br)c3C2)cc1.CCc1ccc(CN2CCn3cc(O)c(=O)c(C4CC4)c3C2)cc1.O=c1cc2n(cc1O)CCN(Cc1cc3c(cc1Cl)C(c1cnc[nH]1)CCO3)C2.O=c1cc2n(cc1O)CCN(Cc1cccc3cccnc13)C2. The normalized spacial score (nSPS) is 16.7. The largest absolute Gasteiger partial charge is 0.503 e. The molecule has 6 aromatic heterocycles. The molecular weight excluding hydrogens is 1330 g/mol. The molecule has 1 atom stereocenters. The van der Waals surface area contributed by atoms with Crippen LogP contribution in [0.3, 0.4) is 0 Å². The molecule has 1 unspecified atom stereocenters. The molecule has 0 bridgehead atoms. The minimum atomic E-state index is -0.344. The molecule has 22 heteroatoms. The number of fused-ring (bicyclic) bond motifs is 6. The second kappa shape index (κ2) is 29.9. The summed E-state index contributed by atoms with van der Waals surface area (Å²) in [4.78, 5) is 68.7. The van der Waals surface area contributed by atoms with Gasteiger partial charge in [-0.25, -0.2) is 4.98 Å². The summed E-state index contributed by atoms with van der Waals surface area (Å²) in [7, 11) is 0. The van der Waals surface area contributed by atoms with E-state index in [1.165, 1.54) is 58.5 Å². The number of ether oxygens (including phenoxy) is 1. The lowest BCUT2D eigenvalue weighted by Gasteiger charge is -2.32. The zero-order chi connectivity index (χ0) is 68.1. The van der Waals surface area contributed by atoms with Crippen LogP contribution in [-0.2, 0) is 91.4 Å². The Morgan fingerprint density at radius 2 is 1.08 bits per heavy atom. The molecule has 1 aliphatic carbocycles. The van der Waals surface area contributed by atoms with Crippen LogP contribution < -0.4 is 26.5 Å². The van der Waals surface area contributed by atoms with Crippen LogP contribution in [0.2, 0.25) is 5.02 Å². The van der Waals surface area contributed by atoms with E-state index in [0.29, 0.717) is 54.7 Å². The van der Waals surface area contributed by atoms with Crippen LogP contribution in [0.5, 0.6) is 28.7 Å². The van der Waals surface area contributed by atoms with Crippen molar-refractivity contribution < 1.29 is 25.2 Å². The summed E-state index contributed by atoms with van der Waals surface area (Å²) < 4.78 is 14.3. The Morgan fingerprint density at radius 3 is 1.65 bits per heavy atom. The Labute approximate surface area is 581 Å². The van der Waals surface area contributed by atoms with Gasteiger partial charge in [-0.3, -0.25) is 43.8 Å². The highest BCUT2D eigenvalue weighted by Gasteiger charge is 2.34. The van der Waals surface area contributed by atoms with Crippen LogP contribution in [0.25, 0.3) is 10.9 Å². The summed E-state index contributed by atoms with van der Waals surface area (Å²) in [5.41, 5.74) is 14.3. The van der Waals surface area contributed by atoms with Crippen molar-refractivity contribution in [2.45, 2.75) is 136 Å². The van der Waals surface area contributed by atoms with E-state index in [2.05, 4.69) is 142 Å². The van der Waals surface area contributed by atoms with Crippen molar-refractivity contribution in [2.24, 2.45) is 0 Å². The summed E-state index contributed by atoms with van der Waals surface area (Å²) in [5, 5.41) is 40.6. The van der Waals surface area contributed by atoms with Crippen molar-refractivity contribution >= 4 is 38.4 Å². The minimum absolute atomic E-state index is 0.0933. The number of imidazole rings is 1. The van der Waals surface area contributed by atoms with Gasteiger partial charge in [0.15, 0.2) is 23.0 Å². The highest BCUT2D eigenvalue weighted by Crippen LogP contribution is 2.43. The van der Waals surface area contributed by atoms with Gasteiger partial charge < -0.3 is 48.4 Å². The number of hydrogen-bond donors (Lipinski definition) is 5. The van der Waals surface area contributed by atoms with Gasteiger partial charge in [0, 0.05) is 179 Å². The number of aryl methyl sites for hydroxylation is 2. The van der Waals surface area contributed by atoms with Gasteiger partial charge in [-0.2, -0.15) is 0 Å². The molecule has 6 aliphatic rings. The number of aromatic hydroxyl groups is 4. The second-order valence-electron chi connectivity index (χ2n) is 26.2. The van der Waals surface area contributed by atoms with E-state index in [1.54, 1.807) is 12.5 Å². The first-order valence-electron chi connectivity index (χ1n) is 33.7. The number of nitrogens with zero attached hydrogens (tertiary/aromatic N) is 10. The van der Waals surface area contributed by atoms with Gasteiger partial charge >= 0.3 is 0 Å². The van der Waals surface area contributed by atoms with E-state index >= 15 is 0 Å². The Hall–Kier alpha value is -9.09. The lowest BCUT2D eigenvalue weighted by molar-refractivity contribution is 0.208. The fourth-order valence-corrected chi connectivity index (χ4v) is 14.7. The van der Waals surface area contributed by atoms with Gasteiger partial charge in [0.1, 0.15) is 5.75 Å². The number of benzene rings is 4. The molecule has 20 nitrogen and oxygen atoms in total. The molecule has 16 rings (SSSR count). The molecule has 98 heavy (non-hydrogen) atoms. The number of halogens is 2. The first-order valence-corrected chi connectivity index (χ1v) is 34.9. The summed E-state index contributed by atoms with van der Waals surface area (Å²) in [6.07, 6.45) is 16.7. The maximum Gasteiger partial charge on any atom is 0.237 e. The first kappa shape index (κ1) is 67.5. The van der Waals surface area contributed by atoms with Crippen molar-refractivity contribution in [1.82, 2.24) is 52.8 Å². The second-order valence-corrected chi connectivity index (χ2v) is 27.4. The van der Waals surface area contributed by atoms with Gasteiger partial charge in [-0.1, -0.05) is 98.2 Å². The molecule has 0 amide bonds. The van der Waals surface area contributed by atoms with Crippen molar-refractivity contribution in [3.05, 3.63) is 270 Å². The summed E-state index contributed by atoms with van der Waals surface area (Å²) in [6.45, 7) is 17.6. The smallest absolute Gasteiger partial charge is 0.237 e. The van der Waals surface area contributed by atoms with Crippen LogP contribution in [0.15, 0.2) is 170 Å². The molecule has 1 fully saturated rings. The quantitative estimate of drug-likeness (QED) is 0.0765. The Morgan fingerprint density at radius 1 is 0.561 bits per heavy atom. The molecule has 5 aliphatic heterocycles. The number of pyridine rings is 5. The van der Waals surface area contributed by atoms with Crippen LogP contribution in [-0.4, -0.2) is 106 Å². The van der Waals surface area contributed by atoms with E-state index in [-0.39, 0.29) is 50.6 Å². The molecule has 4 aromatic carbocycles. The number of nitrogens with one attached hydrogen (secondary N) is 1. The Balaban J connectivity index is 0.000000118. The maximum atomic E-state index is 12.4. The van der Waals surface area contributed by atoms with Crippen LogP contribution in [0.1, 0.15) is 118 Å². The number of para-hydroxylation sites is 1. The third-order valence-electron chi connectivity index (χ3n) is 19.5. The molecule has 0 spiro atoms. The molecule has 11 heterocycles. The summed E-state index contributed by atoms with van der Waals surface area (Å²) >= 11 is 9.99. The van der Waals surface area contributed by atoms with Crippen molar-refractivity contribution in [1.29, 1.82) is 0 Å². The number of rotatable bonds is 12. The zero-order valence-electron chi connectivity index (χ0n) is 55.1. The zero-order valence-corrected chi connectivity index (χ0v) is 57.5. The van der Waals surface area contributed by atoms with Crippen molar-refractivity contribution in [2.75, 3.05) is 32.8 Å². The van der Waals surface area contributed by atoms with Gasteiger partial charge in [0.2, 0.25) is 21.7 Å². The lowest BCUT2D eigenvalue weighted by atomic mass is 9.89. The third kappa shape index (κ3) is 15.4. The van der Waals surface area contributed by atoms with Crippen molar-refractivity contribution in [3.8, 4) is 28.7 Å². The highest BCUT2D eigenvalue weighted by molar-refractivity contribution is 9.10. The topological polar surface area (TPSA) is 233 Å². The number of aromatic amines is 1. The third-order valence-corrected chi connectivity index (χ3v) is 20.7. The van der Waals surface area contributed by atoms with Crippen LogP contribution in [0, 0.1) is 0 Å². The van der Waals surface area contributed by atoms with Gasteiger partial charge in [0.25, 0.3) is 0 Å². The number of H-pyrrole nitrogens is 1. The van der Waals surface area contributed by atoms with E-state index < -0.39 is 0 Å².